The van der Waals surface area contributed by atoms with Gasteiger partial charge in [0.15, 0.2) is 0 Å². The van der Waals surface area contributed by atoms with E-state index in [2.05, 4.69) is 17.4 Å². The Balaban J connectivity index is 1.32. The van der Waals surface area contributed by atoms with Gasteiger partial charge in [-0.05, 0) is 49.0 Å². The van der Waals surface area contributed by atoms with Gasteiger partial charge in [-0.15, -0.1) is 0 Å². The average Bonchev–Trinajstić information content (AvgIpc) is 3.48. The number of hydrogen-bond acceptors (Lipinski definition) is 6. The summed E-state index contributed by atoms with van der Waals surface area (Å²) in [5, 5.41) is 4.31. The van der Waals surface area contributed by atoms with Crippen molar-refractivity contribution in [2.75, 3.05) is 6.61 Å². The second kappa shape index (κ2) is 9.97. The van der Waals surface area contributed by atoms with E-state index >= 15 is 0 Å². The maximum Gasteiger partial charge on any atom is 0.341 e. The average molecular weight is 471 g/mol. The third-order valence-corrected chi connectivity index (χ3v) is 5.79. The Morgan fingerprint density at radius 1 is 1.11 bits per heavy atom. The summed E-state index contributed by atoms with van der Waals surface area (Å²) in [4.78, 5) is 29.0. The van der Waals surface area contributed by atoms with Gasteiger partial charge in [0.1, 0.15) is 12.3 Å². The van der Waals surface area contributed by atoms with Gasteiger partial charge in [0.2, 0.25) is 0 Å². The molecule has 0 bridgehead atoms. The van der Waals surface area contributed by atoms with E-state index in [0.29, 0.717) is 24.6 Å². The van der Waals surface area contributed by atoms with Crippen molar-refractivity contribution in [2.45, 2.75) is 38.8 Å². The second-order valence-electron chi connectivity index (χ2n) is 8.54. The molecule has 0 N–H and O–H groups in total. The standard InChI is InChI=1S/C27H26N4O4/c1-2-34-25(32)11-10-21-12-22(20-8-9-20)14-30-16-24(29-26(21)30)17-31-15-23(13-28-31)27(33)35-18-19-6-4-3-5-7-19/h3-7,10-16,20H,2,8-9,17-18H2,1H3/b11-10-. The first-order chi connectivity index (χ1) is 17.1. The largest absolute Gasteiger partial charge is 0.463 e. The molecular formula is C27H26N4O4. The molecule has 1 saturated carbocycles. The zero-order valence-corrected chi connectivity index (χ0v) is 19.5. The number of imidazole rings is 1. The molecule has 0 atom stereocenters. The third kappa shape index (κ3) is 5.48. The highest BCUT2D eigenvalue weighted by Gasteiger charge is 2.25. The van der Waals surface area contributed by atoms with E-state index in [1.54, 1.807) is 23.9 Å². The topological polar surface area (TPSA) is 87.7 Å². The SMILES string of the molecule is CCOC(=O)/C=C\c1cc(C2CC2)cn2cc(Cn3cc(C(=O)OCc4ccccc4)cn3)nc12. The summed E-state index contributed by atoms with van der Waals surface area (Å²) < 4.78 is 14.1. The van der Waals surface area contributed by atoms with Gasteiger partial charge < -0.3 is 13.9 Å². The fourth-order valence-corrected chi connectivity index (χ4v) is 3.91. The van der Waals surface area contributed by atoms with Crippen LogP contribution in [0.1, 0.15) is 58.4 Å². The van der Waals surface area contributed by atoms with Gasteiger partial charge in [-0.3, -0.25) is 4.68 Å². The third-order valence-electron chi connectivity index (χ3n) is 5.79. The van der Waals surface area contributed by atoms with Gasteiger partial charge >= 0.3 is 11.9 Å². The molecule has 1 aromatic carbocycles. The highest BCUT2D eigenvalue weighted by molar-refractivity contribution is 5.89. The van der Waals surface area contributed by atoms with Crippen LogP contribution in [0.2, 0.25) is 0 Å². The van der Waals surface area contributed by atoms with Gasteiger partial charge in [-0.1, -0.05) is 30.3 Å². The molecule has 0 amide bonds. The minimum absolute atomic E-state index is 0.211. The van der Waals surface area contributed by atoms with Crippen LogP contribution in [0, 0.1) is 0 Å². The lowest BCUT2D eigenvalue weighted by Crippen LogP contribution is -2.05. The van der Waals surface area contributed by atoms with Crippen molar-refractivity contribution in [2.24, 2.45) is 0 Å². The molecule has 35 heavy (non-hydrogen) atoms. The molecule has 8 heteroatoms. The Labute approximate surface area is 202 Å². The number of rotatable bonds is 9. The van der Waals surface area contributed by atoms with Gasteiger partial charge in [0, 0.05) is 30.2 Å². The summed E-state index contributed by atoms with van der Waals surface area (Å²) in [6.07, 6.45) is 12.7. The van der Waals surface area contributed by atoms with Gasteiger partial charge in [0.25, 0.3) is 0 Å². The van der Waals surface area contributed by atoms with E-state index in [1.165, 1.54) is 30.7 Å². The molecule has 0 aliphatic heterocycles. The van der Waals surface area contributed by atoms with Crippen LogP contribution < -0.4 is 0 Å². The number of carbonyl (C=O) groups is 2. The molecule has 3 aromatic heterocycles. The number of ether oxygens (including phenoxy) is 2. The number of nitrogens with zero attached hydrogens (tertiary/aromatic N) is 4. The lowest BCUT2D eigenvalue weighted by Gasteiger charge is -2.04. The number of fused-ring (bicyclic) bond motifs is 1. The molecule has 1 fully saturated rings. The van der Waals surface area contributed by atoms with E-state index < -0.39 is 5.97 Å². The van der Waals surface area contributed by atoms with E-state index in [-0.39, 0.29) is 12.6 Å². The van der Waals surface area contributed by atoms with Crippen LogP contribution in [-0.2, 0) is 27.4 Å². The number of pyridine rings is 1. The lowest BCUT2D eigenvalue weighted by atomic mass is 10.1. The van der Waals surface area contributed by atoms with Crippen LogP contribution >= 0.6 is 0 Å². The Bertz CT molecular complexity index is 1380. The summed E-state index contributed by atoms with van der Waals surface area (Å²) >= 11 is 0. The quantitative estimate of drug-likeness (QED) is 0.266. The van der Waals surface area contributed by atoms with Crippen molar-refractivity contribution in [1.82, 2.24) is 19.2 Å². The maximum absolute atomic E-state index is 12.4. The van der Waals surface area contributed by atoms with Crippen LogP contribution in [0.3, 0.4) is 0 Å². The van der Waals surface area contributed by atoms with Crippen molar-refractivity contribution in [1.29, 1.82) is 0 Å². The fourth-order valence-electron chi connectivity index (χ4n) is 3.91. The smallest absolute Gasteiger partial charge is 0.341 e. The van der Waals surface area contributed by atoms with E-state index in [4.69, 9.17) is 14.5 Å². The summed E-state index contributed by atoms with van der Waals surface area (Å²) in [7, 11) is 0. The highest BCUT2D eigenvalue weighted by atomic mass is 16.5. The molecule has 1 aliphatic carbocycles. The van der Waals surface area contributed by atoms with Crippen molar-refractivity contribution in [3.8, 4) is 0 Å². The first kappa shape index (κ1) is 22.6. The molecule has 0 saturated heterocycles. The number of hydrogen-bond donors (Lipinski definition) is 0. The van der Waals surface area contributed by atoms with Crippen LogP contribution in [0.4, 0.5) is 0 Å². The Kier molecular flexibility index (Phi) is 6.43. The second-order valence-corrected chi connectivity index (χ2v) is 8.54. The van der Waals surface area contributed by atoms with Gasteiger partial charge in [0.05, 0.1) is 30.6 Å². The van der Waals surface area contributed by atoms with Crippen LogP contribution in [-0.4, -0.2) is 37.7 Å². The molecule has 4 aromatic rings. The number of esters is 2. The molecule has 1 aliphatic rings. The van der Waals surface area contributed by atoms with E-state index in [9.17, 15) is 9.59 Å². The molecule has 178 valence electrons. The van der Waals surface area contributed by atoms with Crippen LogP contribution in [0.15, 0.2) is 67.3 Å². The Hall–Kier alpha value is -4.20. The summed E-state index contributed by atoms with van der Waals surface area (Å²) in [5.41, 5.74) is 4.94. The molecule has 0 unspecified atom stereocenters. The maximum atomic E-state index is 12.4. The lowest BCUT2D eigenvalue weighted by molar-refractivity contribution is -0.137. The van der Waals surface area contributed by atoms with Crippen LogP contribution in [0.25, 0.3) is 11.7 Å². The monoisotopic (exact) mass is 470 g/mol. The zero-order chi connectivity index (χ0) is 24.2. The predicted octanol–water partition coefficient (Wildman–Crippen LogP) is 4.39. The molecule has 5 rings (SSSR count). The minimum Gasteiger partial charge on any atom is -0.463 e. The van der Waals surface area contributed by atoms with Crippen LogP contribution in [0.5, 0.6) is 0 Å². The molecule has 0 radical (unpaired) electrons. The number of benzene rings is 1. The zero-order valence-electron chi connectivity index (χ0n) is 19.5. The van der Waals surface area contributed by atoms with E-state index in [0.717, 1.165) is 22.5 Å². The molecular weight excluding hydrogens is 444 g/mol. The van der Waals surface area contributed by atoms with Crippen molar-refractivity contribution in [3.63, 3.8) is 0 Å². The van der Waals surface area contributed by atoms with E-state index in [1.807, 2.05) is 40.9 Å². The van der Waals surface area contributed by atoms with Gasteiger partial charge in [-0.25, -0.2) is 14.6 Å². The normalized spacial score (nSPS) is 13.4. The predicted molar refractivity (Wildman–Crippen MR) is 130 cm³/mol. The Morgan fingerprint density at radius 2 is 1.94 bits per heavy atom. The first-order valence-corrected chi connectivity index (χ1v) is 11.7. The Morgan fingerprint density at radius 3 is 2.71 bits per heavy atom. The minimum atomic E-state index is -0.421. The highest BCUT2D eigenvalue weighted by Crippen LogP contribution is 2.40. The summed E-state index contributed by atoms with van der Waals surface area (Å²) in [6, 6.07) is 11.6. The molecule has 3 heterocycles. The van der Waals surface area contributed by atoms with Gasteiger partial charge in [-0.2, -0.15) is 5.10 Å². The number of carbonyl (C=O) groups excluding carboxylic acids is 2. The summed E-state index contributed by atoms with van der Waals surface area (Å²) in [6.45, 7) is 2.72. The van der Waals surface area contributed by atoms with Crippen molar-refractivity contribution >= 4 is 23.7 Å². The molecule has 8 nitrogen and oxygen atoms in total. The first-order valence-electron chi connectivity index (χ1n) is 11.7. The summed E-state index contributed by atoms with van der Waals surface area (Å²) in [5.74, 6) is -0.247. The fraction of sp³-hybridized carbons (Fsp3) is 0.259. The van der Waals surface area contributed by atoms with Crippen molar-refractivity contribution in [3.05, 3.63) is 95.2 Å². The molecule has 0 spiro atoms. The number of aromatic nitrogens is 4. The van der Waals surface area contributed by atoms with Crippen molar-refractivity contribution < 1.29 is 19.1 Å².